The summed E-state index contributed by atoms with van der Waals surface area (Å²) >= 11 is -5.33. The fraction of sp³-hybridized carbons (Fsp3) is 0. The quantitative estimate of drug-likeness (QED) is 0.579. The first-order valence-corrected chi connectivity index (χ1v) is 9.76. The molecule has 9 heteroatoms. The predicted molar refractivity (Wildman–Crippen MR) is 53.9 cm³/mol. The van der Waals surface area contributed by atoms with Crippen molar-refractivity contribution in [2.75, 3.05) is 0 Å². The molecule has 0 aromatic heterocycles. The van der Waals surface area contributed by atoms with Crippen molar-refractivity contribution in [2.45, 2.75) is 0 Å². The fourth-order valence-corrected chi connectivity index (χ4v) is 6.64. The molecule has 1 spiro atoms. The minimum atomic E-state index is -5.33. The Morgan fingerprint density at radius 3 is 1.11 bits per heavy atom. The number of fused-ring (bicyclic) bond motifs is 2. The summed E-state index contributed by atoms with van der Waals surface area (Å²) in [6.45, 7) is 0. The topological polar surface area (TPSA) is 105 Å². The average molecular weight is 369 g/mol. The molecule has 2 aliphatic heterocycles. The van der Waals surface area contributed by atoms with Crippen molar-refractivity contribution in [3.05, 3.63) is 34.4 Å². The van der Waals surface area contributed by atoms with Crippen LogP contribution in [-0.4, -0.2) is 43.9 Å². The summed E-state index contributed by atoms with van der Waals surface area (Å²) in [5.41, 5.74) is -0.510. The van der Waals surface area contributed by atoms with E-state index in [2.05, 4.69) is 0 Å². The first-order chi connectivity index (χ1) is 8.99. The van der Waals surface area contributed by atoms with Gasteiger partial charge in [0.15, 0.2) is 0 Å². The van der Waals surface area contributed by atoms with E-state index in [1.165, 1.54) is 0 Å². The van der Waals surface area contributed by atoms with E-state index in [9.17, 15) is 19.2 Å². The molecule has 19 heavy (non-hydrogen) atoms. The van der Waals surface area contributed by atoms with Crippen molar-refractivity contribution < 1.29 is 31.5 Å². The van der Waals surface area contributed by atoms with Crippen molar-refractivity contribution in [2.24, 2.45) is 0 Å². The van der Waals surface area contributed by atoms with Crippen LogP contribution in [-0.2, 0) is 12.3 Å². The monoisotopic (exact) mass is 370 g/mol. The average Bonchev–Trinajstić information content (AvgIpc) is 2.40. The number of benzene rings is 1. The van der Waals surface area contributed by atoms with E-state index in [0.29, 0.717) is 0 Å². The van der Waals surface area contributed by atoms with Gasteiger partial charge in [0, 0.05) is 0 Å². The summed E-state index contributed by atoms with van der Waals surface area (Å²) < 4.78 is 19.5. The summed E-state index contributed by atoms with van der Waals surface area (Å²) in [4.78, 5) is 47.5. The van der Waals surface area contributed by atoms with E-state index >= 15 is 0 Å². The molecule has 0 saturated carbocycles. The molecule has 94 valence electrons. The third-order valence-electron chi connectivity index (χ3n) is 2.91. The Hall–Kier alpha value is -2.10. The second-order valence-corrected chi connectivity index (χ2v) is 9.19. The summed E-state index contributed by atoms with van der Waals surface area (Å²) in [7, 11) is 0. The molecule has 0 unspecified atom stereocenters. The van der Waals surface area contributed by atoms with Crippen LogP contribution < -0.4 is 0 Å². The van der Waals surface area contributed by atoms with Gasteiger partial charge in [-0.1, -0.05) is 0 Å². The Bertz CT molecular complexity index is 601. The Morgan fingerprint density at radius 1 is 0.579 bits per heavy atom. The van der Waals surface area contributed by atoms with Crippen LogP contribution in [0.25, 0.3) is 0 Å². The molecule has 0 atom stereocenters. The summed E-state index contributed by atoms with van der Waals surface area (Å²) in [5, 5.41) is 0. The van der Waals surface area contributed by atoms with Gasteiger partial charge in [0.2, 0.25) is 0 Å². The van der Waals surface area contributed by atoms with Gasteiger partial charge >= 0.3 is 110 Å². The molecule has 0 saturated heterocycles. The van der Waals surface area contributed by atoms with Crippen molar-refractivity contribution >= 4 is 43.9 Å². The summed E-state index contributed by atoms with van der Waals surface area (Å²) in [6.07, 6.45) is 0. The van der Waals surface area contributed by atoms with E-state index < -0.39 is 43.9 Å². The zero-order valence-corrected chi connectivity index (χ0v) is 11.8. The molecule has 0 amide bonds. The van der Waals surface area contributed by atoms with Gasteiger partial charge in [0.05, 0.1) is 0 Å². The van der Waals surface area contributed by atoms with Crippen molar-refractivity contribution in [1.82, 2.24) is 0 Å². The fourth-order valence-electron chi connectivity index (χ4n) is 2.07. The normalized spacial score (nSPS) is 21.1. The van der Waals surface area contributed by atoms with Crippen LogP contribution in [0.15, 0.2) is 12.1 Å². The molecular formula is C10H2O8Sn. The van der Waals surface area contributed by atoms with Crippen LogP contribution in [0.1, 0.15) is 41.4 Å². The number of carbonyl (C=O) groups excluding carboxylic acids is 4. The van der Waals surface area contributed by atoms with Crippen LogP contribution in [0.2, 0.25) is 0 Å². The summed E-state index contributed by atoms with van der Waals surface area (Å²) in [6, 6.07) is 2.18. The number of carbonyl (C=O) groups is 4. The SMILES string of the molecule is O=C1[O][Sn]23[O]C(=O)c4cc(c(cc41)C(=O)[O]2)C(=O)[O]3. The first kappa shape index (κ1) is 10.8. The predicted octanol–water partition coefficient (Wildman–Crippen LogP) is -0.210. The van der Waals surface area contributed by atoms with Crippen LogP contribution >= 0.6 is 0 Å². The third kappa shape index (κ3) is 1.23. The molecule has 0 radical (unpaired) electrons. The molecule has 3 rings (SSSR count). The van der Waals surface area contributed by atoms with Gasteiger partial charge in [-0.15, -0.1) is 0 Å². The molecule has 1 aromatic rings. The Balaban J connectivity index is 2.22. The Kier molecular flexibility index (Phi) is 1.74. The Labute approximate surface area is 110 Å². The molecule has 2 heterocycles. The van der Waals surface area contributed by atoms with Crippen LogP contribution in [0.4, 0.5) is 0 Å². The molecular weight excluding hydrogens is 367 g/mol. The van der Waals surface area contributed by atoms with E-state index in [4.69, 9.17) is 12.3 Å². The zero-order valence-electron chi connectivity index (χ0n) is 8.92. The zero-order chi connectivity index (χ0) is 13.4. The second kappa shape index (κ2) is 3.07. The summed E-state index contributed by atoms with van der Waals surface area (Å²) in [5.74, 6) is -3.59. The minimum absolute atomic E-state index is 0.128. The number of rotatable bonds is 0. The van der Waals surface area contributed by atoms with Gasteiger partial charge in [-0.2, -0.15) is 0 Å². The molecule has 0 N–H and O–H groups in total. The molecule has 0 aliphatic carbocycles. The molecule has 0 fully saturated rings. The van der Waals surface area contributed by atoms with Crippen molar-refractivity contribution in [3.63, 3.8) is 0 Å². The molecule has 1 aromatic carbocycles. The van der Waals surface area contributed by atoms with Gasteiger partial charge in [0.1, 0.15) is 0 Å². The van der Waals surface area contributed by atoms with E-state index in [-0.39, 0.29) is 22.3 Å². The maximum atomic E-state index is 11.9. The van der Waals surface area contributed by atoms with E-state index in [1.54, 1.807) is 0 Å². The van der Waals surface area contributed by atoms with Crippen molar-refractivity contribution in [1.29, 1.82) is 0 Å². The van der Waals surface area contributed by atoms with Gasteiger partial charge in [0.25, 0.3) is 0 Å². The number of hydrogen-bond donors (Lipinski definition) is 0. The van der Waals surface area contributed by atoms with E-state index in [1.807, 2.05) is 0 Å². The Morgan fingerprint density at radius 2 is 0.842 bits per heavy atom. The number of hydrogen-bond acceptors (Lipinski definition) is 8. The maximum absolute atomic E-state index is 11.9. The van der Waals surface area contributed by atoms with Crippen LogP contribution in [0, 0.1) is 0 Å². The molecule has 2 aliphatic rings. The first-order valence-electron chi connectivity index (χ1n) is 5.10. The van der Waals surface area contributed by atoms with Gasteiger partial charge in [-0.25, -0.2) is 0 Å². The van der Waals surface area contributed by atoms with Gasteiger partial charge in [-0.3, -0.25) is 0 Å². The molecule has 8 nitrogen and oxygen atoms in total. The molecule has 0 bridgehead atoms. The standard InChI is InChI=1S/C10H6O8.Sn/c11-7(12)3-1-4(8(13)14)6(10(17)18)2-5(3)9(15)16;/h1-2H,(H,11,12)(H,13,14)(H,15,16)(H,17,18);/q;+4/p-4. The van der Waals surface area contributed by atoms with E-state index in [0.717, 1.165) is 12.1 Å². The second-order valence-electron chi connectivity index (χ2n) is 4.00. The van der Waals surface area contributed by atoms with Crippen molar-refractivity contribution in [3.8, 4) is 0 Å². The van der Waals surface area contributed by atoms with Gasteiger partial charge < -0.3 is 0 Å². The third-order valence-corrected chi connectivity index (χ3v) is 7.88. The van der Waals surface area contributed by atoms with Crippen LogP contribution in [0.5, 0.6) is 0 Å². The van der Waals surface area contributed by atoms with Crippen LogP contribution in [0.3, 0.4) is 0 Å². The van der Waals surface area contributed by atoms with Gasteiger partial charge in [-0.05, 0) is 0 Å².